The lowest BCUT2D eigenvalue weighted by Gasteiger charge is -2.35. The molecule has 5 heterocycles. The van der Waals surface area contributed by atoms with E-state index in [4.69, 9.17) is 29.4 Å². The SMILES string of the molecule is CC(C)(C)OC(=O)NCC1CN(C[C@H]2OC(n3ccc4c(N)ncnc43)[C@@H]3OC(C)(C)O[C@H]23)CCO1. The average molecular weight is 505 g/mol. The second-order valence-corrected chi connectivity index (χ2v) is 11.0. The number of ether oxygens (including phenoxy) is 5. The molecule has 2 aromatic rings. The Bertz CT molecular complexity index is 1100. The first-order chi connectivity index (χ1) is 17.0. The quantitative estimate of drug-likeness (QED) is 0.619. The van der Waals surface area contributed by atoms with Gasteiger partial charge in [-0.05, 0) is 40.7 Å². The highest BCUT2D eigenvalue weighted by molar-refractivity contribution is 5.86. The fourth-order valence-electron chi connectivity index (χ4n) is 5.06. The average Bonchev–Trinajstić information content (AvgIpc) is 3.44. The van der Waals surface area contributed by atoms with E-state index in [2.05, 4.69) is 20.2 Å². The van der Waals surface area contributed by atoms with E-state index in [-0.39, 0.29) is 24.4 Å². The van der Waals surface area contributed by atoms with Gasteiger partial charge in [-0.2, -0.15) is 0 Å². The van der Waals surface area contributed by atoms with Gasteiger partial charge in [0.1, 0.15) is 41.7 Å². The number of nitrogens with two attached hydrogens (primary N) is 1. The van der Waals surface area contributed by atoms with Gasteiger partial charge in [-0.3, -0.25) is 4.90 Å². The zero-order valence-corrected chi connectivity index (χ0v) is 21.5. The molecule has 36 heavy (non-hydrogen) atoms. The highest BCUT2D eigenvalue weighted by Gasteiger charge is 2.56. The van der Waals surface area contributed by atoms with Crippen LogP contribution < -0.4 is 11.1 Å². The number of nitrogens with one attached hydrogen (secondary N) is 1. The Morgan fingerprint density at radius 2 is 2.06 bits per heavy atom. The molecule has 0 bridgehead atoms. The van der Waals surface area contributed by atoms with Crippen molar-refractivity contribution in [2.45, 2.75) is 76.7 Å². The van der Waals surface area contributed by atoms with Crippen molar-refractivity contribution in [3.8, 4) is 0 Å². The molecule has 3 aliphatic heterocycles. The molecule has 12 nitrogen and oxygen atoms in total. The molecular formula is C24H36N6O6. The summed E-state index contributed by atoms with van der Waals surface area (Å²) in [6.07, 6.45) is 1.56. The Labute approximate surface area is 210 Å². The number of anilines is 1. The molecule has 0 aromatic carbocycles. The second-order valence-electron chi connectivity index (χ2n) is 11.0. The largest absolute Gasteiger partial charge is 0.444 e. The number of aromatic nitrogens is 3. The highest BCUT2D eigenvalue weighted by atomic mass is 16.8. The molecule has 2 aromatic heterocycles. The molecule has 198 valence electrons. The van der Waals surface area contributed by atoms with Gasteiger partial charge in [-0.1, -0.05) is 0 Å². The van der Waals surface area contributed by atoms with Crippen LogP contribution in [0, 0.1) is 0 Å². The molecule has 2 unspecified atom stereocenters. The van der Waals surface area contributed by atoms with Gasteiger partial charge >= 0.3 is 6.09 Å². The molecule has 0 saturated carbocycles. The van der Waals surface area contributed by atoms with Crippen molar-refractivity contribution in [1.82, 2.24) is 24.8 Å². The summed E-state index contributed by atoms with van der Waals surface area (Å²) in [6, 6.07) is 1.89. The van der Waals surface area contributed by atoms with E-state index in [1.165, 1.54) is 6.33 Å². The maximum Gasteiger partial charge on any atom is 0.407 e. The number of fused-ring (bicyclic) bond motifs is 2. The van der Waals surface area contributed by atoms with Crippen molar-refractivity contribution >= 4 is 22.9 Å². The monoisotopic (exact) mass is 504 g/mol. The van der Waals surface area contributed by atoms with Gasteiger partial charge < -0.3 is 39.3 Å². The zero-order valence-electron chi connectivity index (χ0n) is 21.5. The number of nitrogen functional groups attached to an aromatic ring is 1. The summed E-state index contributed by atoms with van der Waals surface area (Å²) in [5.74, 6) is -0.301. The predicted molar refractivity (Wildman–Crippen MR) is 130 cm³/mol. The van der Waals surface area contributed by atoms with Crippen LogP contribution in [0.1, 0.15) is 40.8 Å². The number of rotatable bonds is 5. The van der Waals surface area contributed by atoms with Crippen LogP contribution in [0.4, 0.5) is 10.6 Å². The van der Waals surface area contributed by atoms with E-state index in [0.717, 1.165) is 11.9 Å². The van der Waals surface area contributed by atoms with E-state index in [0.29, 0.717) is 37.7 Å². The van der Waals surface area contributed by atoms with Gasteiger partial charge in [0.25, 0.3) is 0 Å². The Kier molecular flexibility index (Phi) is 6.58. The fraction of sp³-hybridized carbons (Fsp3) is 0.708. The standard InChI is InChI=1S/C24H36N6O6/c1-23(2,3)36-22(31)26-10-14-11-29(8-9-32-14)12-16-17-18(35-24(4,5)34-17)21(33-16)30-7-6-15-19(25)27-13-28-20(15)30/h6-7,13-14,16-18,21H,8-12H2,1-5H3,(H,26,31)(H2,25,27,28)/t14?,16-,17-,18-,21?/m1/s1. The lowest BCUT2D eigenvalue weighted by Crippen LogP contribution is -2.51. The number of amides is 1. The van der Waals surface area contributed by atoms with Crippen molar-refractivity contribution in [3.05, 3.63) is 18.6 Å². The molecule has 3 N–H and O–H groups in total. The fourth-order valence-corrected chi connectivity index (χ4v) is 5.06. The molecule has 3 fully saturated rings. The van der Waals surface area contributed by atoms with E-state index < -0.39 is 23.7 Å². The summed E-state index contributed by atoms with van der Waals surface area (Å²) in [6.45, 7) is 12.3. The molecule has 1 amide bonds. The van der Waals surface area contributed by atoms with E-state index in [9.17, 15) is 4.79 Å². The topological polar surface area (TPSA) is 135 Å². The van der Waals surface area contributed by atoms with Crippen LogP contribution in [0.5, 0.6) is 0 Å². The van der Waals surface area contributed by atoms with Crippen LogP contribution in [0.2, 0.25) is 0 Å². The summed E-state index contributed by atoms with van der Waals surface area (Å²) in [7, 11) is 0. The second kappa shape index (κ2) is 9.42. The summed E-state index contributed by atoms with van der Waals surface area (Å²) < 4.78 is 32.3. The number of nitrogens with zero attached hydrogens (tertiary/aromatic N) is 4. The molecule has 0 spiro atoms. The summed E-state index contributed by atoms with van der Waals surface area (Å²) in [5, 5.41) is 3.57. The Balaban J connectivity index is 1.26. The van der Waals surface area contributed by atoms with Gasteiger partial charge in [-0.25, -0.2) is 14.8 Å². The van der Waals surface area contributed by atoms with Gasteiger partial charge in [-0.15, -0.1) is 0 Å². The van der Waals surface area contributed by atoms with Crippen LogP contribution in [0.3, 0.4) is 0 Å². The molecule has 3 saturated heterocycles. The third-order valence-electron chi connectivity index (χ3n) is 6.47. The van der Waals surface area contributed by atoms with Crippen molar-refractivity contribution < 1.29 is 28.5 Å². The van der Waals surface area contributed by atoms with Crippen LogP contribution >= 0.6 is 0 Å². The number of alkyl carbamates (subject to hydrolysis) is 1. The number of morpholine rings is 1. The minimum absolute atomic E-state index is 0.149. The Morgan fingerprint density at radius 1 is 1.28 bits per heavy atom. The minimum atomic E-state index is -0.725. The number of carbonyl (C=O) groups is 1. The van der Waals surface area contributed by atoms with Crippen molar-refractivity contribution in [2.24, 2.45) is 0 Å². The normalized spacial score (nSPS) is 30.4. The molecule has 0 radical (unpaired) electrons. The summed E-state index contributed by atoms with van der Waals surface area (Å²) in [5.41, 5.74) is 6.19. The van der Waals surface area contributed by atoms with Crippen molar-refractivity contribution in [3.63, 3.8) is 0 Å². The van der Waals surface area contributed by atoms with E-state index in [1.54, 1.807) is 0 Å². The highest BCUT2D eigenvalue weighted by Crippen LogP contribution is 2.44. The van der Waals surface area contributed by atoms with Gasteiger partial charge in [0.05, 0.1) is 18.1 Å². The van der Waals surface area contributed by atoms with Gasteiger partial charge in [0.2, 0.25) is 0 Å². The Morgan fingerprint density at radius 3 is 2.83 bits per heavy atom. The maximum atomic E-state index is 12.0. The third-order valence-corrected chi connectivity index (χ3v) is 6.47. The minimum Gasteiger partial charge on any atom is -0.444 e. The first-order valence-electron chi connectivity index (χ1n) is 12.4. The third kappa shape index (κ3) is 5.28. The zero-order chi connectivity index (χ0) is 25.7. The van der Waals surface area contributed by atoms with Crippen LogP contribution in [-0.4, -0.2) is 94.1 Å². The van der Waals surface area contributed by atoms with Crippen molar-refractivity contribution in [2.75, 3.05) is 38.5 Å². The molecule has 0 aliphatic carbocycles. The van der Waals surface area contributed by atoms with E-state index in [1.807, 2.05) is 51.4 Å². The smallest absolute Gasteiger partial charge is 0.407 e. The predicted octanol–water partition coefficient (Wildman–Crippen LogP) is 1.66. The van der Waals surface area contributed by atoms with E-state index >= 15 is 0 Å². The van der Waals surface area contributed by atoms with Gasteiger partial charge in [0, 0.05) is 32.4 Å². The molecule has 12 heteroatoms. The van der Waals surface area contributed by atoms with Crippen molar-refractivity contribution in [1.29, 1.82) is 0 Å². The van der Waals surface area contributed by atoms with Crippen LogP contribution in [0.25, 0.3) is 11.0 Å². The number of hydrogen-bond donors (Lipinski definition) is 2. The molecule has 5 rings (SSSR count). The van der Waals surface area contributed by atoms with Crippen LogP contribution in [-0.2, 0) is 23.7 Å². The first-order valence-corrected chi connectivity index (χ1v) is 12.4. The van der Waals surface area contributed by atoms with Crippen LogP contribution in [0.15, 0.2) is 18.6 Å². The Hall–Kier alpha value is -2.51. The maximum absolute atomic E-state index is 12.0. The van der Waals surface area contributed by atoms with Gasteiger partial charge in [0.15, 0.2) is 12.0 Å². The lowest BCUT2D eigenvalue weighted by atomic mass is 10.1. The lowest BCUT2D eigenvalue weighted by molar-refractivity contribution is -0.199. The first kappa shape index (κ1) is 25.2. The number of carbonyl (C=O) groups excluding carboxylic acids is 1. The summed E-state index contributed by atoms with van der Waals surface area (Å²) >= 11 is 0. The molecule has 5 atom stereocenters. The summed E-state index contributed by atoms with van der Waals surface area (Å²) in [4.78, 5) is 22.8. The number of hydrogen-bond acceptors (Lipinski definition) is 10. The molecular weight excluding hydrogens is 468 g/mol. The molecule has 3 aliphatic rings.